The molecule has 0 radical (unpaired) electrons. The van der Waals surface area contributed by atoms with E-state index in [1.54, 1.807) is 22.8 Å². The summed E-state index contributed by atoms with van der Waals surface area (Å²) < 4.78 is 1.65. The Hall–Kier alpha value is -3.71. The van der Waals surface area contributed by atoms with Gasteiger partial charge < -0.3 is 5.32 Å². The lowest BCUT2D eigenvalue weighted by Gasteiger charge is -2.17. The number of anilines is 1. The lowest BCUT2D eigenvalue weighted by molar-refractivity contribution is -0.116. The van der Waals surface area contributed by atoms with E-state index >= 15 is 0 Å². The second-order valence-corrected chi connectivity index (χ2v) is 9.36. The van der Waals surface area contributed by atoms with Gasteiger partial charge in [0.2, 0.25) is 5.91 Å². The standard InChI is InChI=1S/C27H23N3O3S/c1-17-6-8-18(9-7-17)15-30-26(33)21-4-2-3-5-23(21)29-27(30)34-16-24(31)20-10-12-22-19(14-20)11-13-25(32)28-22/h2-10,12,14H,11,13,15-16H2,1H3,(H,28,32). The number of hydrogen-bond donors (Lipinski definition) is 1. The van der Waals surface area contributed by atoms with Crippen molar-refractivity contribution in [3.8, 4) is 0 Å². The number of carbonyl (C=O) groups excluding carboxylic acids is 2. The molecule has 2 heterocycles. The number of para-hydroxylation sites is 1. The Labute approximate surface area is 201 Å². The molecule has 1 amide bonds. The normalized spacial score (nSPS) is 12.9. The molecule has 7 heteroatoms. The maximum Gasteiger partial charge on any atom is 0.262 e. The molecule has 0 saturated heterocycles. The minimum atomic E-state index is -0.120. The first-order chi connectivity index (χ1) is 16.5. The lowest BCUT2D eigenvalue weighted by atomic mass is 9.99. The van der Waals surface area contributed by atoms with E-state index in [2.05, 4.69) is 5.32 Å². The van der Waals surface area contributed by atoms with Gasteiger partial charge in [0.25, 0.3) is 5.56 Å². The van der Waals surface area contributed by atoms with Gasteiger partial charge in [-0.1, -0.05) is 53.7 Å². The van der Waals surface area contributed by atoms with Gasteiger partial charge in [-0.15, -0.1) is 0 Å². The van der Waals surface area contributed by atoms with E-state index in [4.69, 9.17) is 4.98 Å². The predicted molar refractivity (Wildman–Crippen MR) is 135 cm³/mol. The molecule has 3 aromatic carbocycles. The van der Waals surface area contributed by atoms with Gasteiger partial charge in [-0.3, -0.25) is 19.0 Å². The number of Topliss-reactive ketones (excluding diaryl/α,β-unsaturated/α-hetero) is 1. The minimum absolute atomic E-state index is 0.00365. The number of nitrogens with one attached hydrogen (secondary N) is 1. The molecule has 0 saturated carbocycles. The third kappa shape index (κ3) is 4.52. The molecule has 1 aromatic heterocycles. The fraction of sp³-hybridized carbons (Fsp3) is 0.185. The Morgan fingerprint density at radius 2 is 1.82 bits per heavy atom. The van der Waals surface area contributed by atoms with Crippen molar-refractivity contribution in [2.24, 2.45) is 0 Å². The lowest BCUT2D eigenvalue weighted by Crippen LogP contribution is -2.24. The van der Waals surface area contributed by atoms with E-state index in [0.717, 1.165) is 22.4 Å². The molecule has 1 aliphatic heterocycles. The zero-order valence-corrected chi connectivity index (χ0v) is 19.5. The number of benzene rings is 3. The van der Waals surface area contributed by atoms with E-state index in [9.17, 15) is 14.4 Å². The van der Waals surface area contributed by atoms with Gasteiger partial charge in [-0.2, -0.15) is 0 Å². The molecule has 0 atom stereocenters. The summed E-state index contributed by atoms with van der Waals surface area (Å²) >= 11 is 1.27. The largest absolute Gasteiger partial charge is 0.326 e. The number of amides is 1. The monoisotopic (exact) mass is 469 g/mol. The van der Waals surface area contributed by atoms with Crippen LogP contribution in [0.1, 0.15) is 33.5 Å². The highest BCUT2D eigenvalue weighted by Crippen LogP contribution is 2.25. The number of aryl methyl sites for hydroxylation is 2. The Balaban J connectivity index is 1.43. The van der Waals surface area contributed by atoms with Gasteiger partial charge in [-0.25, -0.2) is 4.98 Å². The molecule has 170 valence electrons. The third-order valence-electron chi connectivity index (χ3n) is 5.94. The van der Waals surface area contributed by atoms with E-state index in [0.29, 0.717) is 41.0 Å². The van der Waals surface area contributed by atoms with Gasteiger partial charge in [0.05, 0.1) is 23.2 Å². The Morgan fingerprint density at radius 1 is 1.03 bits per heavy atom. The third-order valence-corrected chi connectivity index (χ3v) is 6.92. The Kier molecular flexibility index (Phi) is 6.02. The quantitative estimate of drug-likeness (QED) is 0.253. The van der Waals surface area contributed by atoms with Crippen LogP contribution in [0, 0.1) is 6.92 Å². The zero-order chi connectivity index (χ0) is 23.7. The summed E-state index contributed by atoms with van der Waals surface area (Å²) in [5.41, 5.74) is 4.97. The van der Waals surface area contributed by atoms with Crippen molar-refractivity contribution in [1.29, 1.82) is 0 Å². The van der Waals surface area contributed by atoms with E-state index in [-0.39, 0.29) is 23.0 Å². The fourth-order valence-electron chi connectivity index (χ4n) is 4.04. The van der Waals surface area contributed by atoms with Gasteiger partial charge in [-0.05, 0) is 54.8 Å². The first-order valence-electron chi connectivity index (χ1n) is 11.1. The SMILES string of the molecule is Cc1ccc(Cn2c(SCC(=O)c3ccc4c(c3)CCC(=O)N4)nc3ccccc3c2=O)cc1. The molecule has 0 unspecified atom stereocenters. The van der Waals surface area contributed by atoms with Crippen LogP contribution < -0.4 is 10.9 Å². The van der Waals surface area contributed by atoms with Crippen molar-refractivity contribution in [3.63, 3.8) is 0 Å². The van der Waals surface area contributed by atoms with Gasteiger partial charge in [0.15, 0.2) is 10.9 Å². The molecule has 6 nitrogen and oxygen atoms in total. The average molecular weight is 470 g/mol. The van der Waals surface area contributed by atoms with Crippen LogP contribution in [0.3, 0.4) is 0 Å². The van der Waals surface area contributed by atoms with E-state index < -0.39 is 0 Å². The van der Waals surface area contributed by atoms with Gasteiger partial charge >= 0.3 is 0 Å². The summed E-state index contributed by atoms with van der Waals surface area (Å²) in [4.78, 5) is 42.6. The number of thioether (sulfide) groups is 1. The number of carbonyl (C=O) groups is 2. The molecule has 0 fully saturated rings. The van der Waals surface area contributed by atoms with Crippen LogP contribution in [-0.4, -0.2) is 27.0 Å². The molecule has 5 rings (SSSR count). The molecule has 4 aromatic rings. The molecular formula is C27H23N3O3S. The average Bonchev–Trinajstić information content (AvgIpc) is 2.85. The number of aromatic nitrogens is 2. The van der Waals surface area contributed by atoms with Crippen molar-refractivity contribution in [2.75, 3.05) is 11.1 Å². The Morgan fingerprint density at radius 3 is 2.65 bits per heavy atom. The topological polar surface area (TPSA) is 81.1 Å². The summed E-state index contributed by atoms with van der Waals surface area (Å²) in [5.74, 6) is 0.106. The summed E-state index contributed by atoms with van der Waals surface area (Å²) in [6.07, 6.45) is 1.05. The molecular weight excluding hydrogens is 446 g/mol. The Bertz CT molecular complexity index is 1480. The predicted octanol–water partition coefficient (Wildman–Crippen LogP) is 4.61. The highest BCUT2D eigenvalue weighted by molar-refractivity contribution is 7.99. The minimum Gasteiger partial charge on any atom is -0.326 e. The maximum absolute atomic E-state index is 13.3. The van der Waals surface area contributed by atoms with Crippen LogP contribution in [0.2, 0.25) is 0 Å². The second kappa shape index (κ2) is 9.27. The summed E-state index contributed by atoms with van der Waals surface area (Å²) in [6, 6.07) is 20.7. The molecule has 1 N–H and O–H groups in total. The molecule has 34 heavy (non-hydrogen) atoms. The van der Waals surface area contributed by atoms with Crippen molar-refractivity contribution in [1.82, 2.24) is 9.55 Å². The zero-order valence-electron chi connectivity index (χ0n) is 18.7. The van der Waals surface area contributed by atoms with E-state index in [1.807, 2.05) is 55.5 Å². The number of hydrogen-bond acceptors (Lipinski definition) is 5. The first-order valence-corrected chi connectivity index (χ1v) is 12.1. The van der Waals surface area contributed by atoms with Crippen LogP contribution in [0.15, 0.2) is 76.7 Å². The van der Waals surface area contributed by atoms with Gasteiger partial charge in [0, 0.05) is 17.7 Å². The fourth-order valence-corrected chi connectivity index (χ4v) is 4.94. The summed E-state index contributed by atoms with van der Waals surface area (Å²) in [5, 5.41) is 3.91. The molecule has 0 aliphatic carbocycles. The molecule has 1 aliphatic rings. The number of nitrogens with zero attached hydrogens (tertiary/aromatic N) is 2. The van der Waals surface area contributed by atoms with Crippen LogP contribution in [0.4, 0.5) is 5.69 Å². The van der Waals surface area contributed by atoms with E-state index in [1.165, 1.54) is 11.8 Å². The van der Waals surface area contributed by atoms with Gasteiger partial charge in [0.1, 0.15) is 0 Å². The van der Waals surface area contributed by atoms with Crippen LogP contribution in [0.5, 0.6) is 0 Å². The summed E-state index contributed by atoms with van der Waals surface area (Å²) in [6.45, 7) is 2.40. The summed E-state index contributed by atoms with van der Waals surface area (Å²) in [7, 11) is 0. The van der Waals surface area contributed by atoms with Crippen LogP contribution in [-0.2, 0) is 17.8 Å². The maximum atomic E-state index is 13.3. The van der Waals surface area contributed by atoms with Crippen molar-refractivity contribution in [2.45, 2.75) is 31.5 Å². The molecule has 0 bridgehead atoms. The van der Waals surface area contributed by atoms with Crippen LogP contribution in [0.25, 0.3) is 10.9 Å². The second-order valence-electron chi connectivity index (χ2n) is 8.42. The molecule has 0 spiro atoms. The number of ketones is 1. The van der Waals surface area contributed by atoms with Crippen LogP contribution >= 0.6 is 11.8 Å². The first kappa shape index (κ1) is 22.1. The number of fused-ring (bicyclic) bond motifs is 2. The number of rotatable bonds is 6. The highest BCUT2D eigenvalue weighted by atomic mass is 32.2. The smallest absolute Gasteiger partial charge is 0.262 e. The van der Waals surface area contributed by atoms with Crippen molar-refractivity contribution >= 4 is 40.0 Å². The van der Waals surface area contributed by atoms with Crippen molar-refractivity contribution < 1.29 is 9.59 Å². The highest BCUT2D eigenvalue weighted by Gasteiger charge is 2.18. The van der Waals surface area contributed by atoms with Crippen molar-refractivity contribution in [3.05, 3.63) is 99.3 Å².